The fourth-order valence-electron chi connectivity index (χ4n) is 1.09. The Labute approximate surface area is 98.6 Å². The van der Waals surface area contributed by atoms with E-state index in [2.05, 4.69) is 4.98 Å². The molecule has 7 heteroatoms. The fraction of sp³-hybridized carbons (Fsp3) is 0.600. The number of carbonyl (C=O) groups is 1. The van der Waals surface area contributed by atoms with Gasteiger partial charge in [0.25, 0.3) is 0 Å². The van der Waals surface area contributed by atoms with Crippen molar-refractivity contribution < 1.29 is 14.5 Å². The van der Waals surface area contributed by atoms with Crippen molar-refractivity contribution >= 4 is 11.9 Å². The summed E-state index contributed by atoms with van der Waals surface area (Å²) >= 11 is 0. The molecule has 0 fully saturated rings. The Morgan fingerprint density at radius 1 is 1.59 bits per heavy atom. The quantitative estimate of drug-likeness (QED) is 0.453. The molecule has 1 aromatic rings. The van der Waals surface area contributed by atoms with Crippen molar-refractivity contribution in [2.24, 2.45) is 12.5 Å². The lowest BCUT2D eigenvalue weighted by Crippen LogP contribution is -2.23. The van der Waals surface area contributed by atoms with Gasteiger partial charge in [-0.15, -0.1) is 0 Å². The smallest absolute Gasteiger partial charge is 0.434 e. The average molecular weight is 241 g/mol. The highest BCUT2D eigenvalue weighted by molar-refractivity contribution is 5.75. The van der Waals surface area contributed by atoms with Gasteiger partial charge in [-0.1, -0.05) is 4.98 Å². The van der Waals surface area contributed by atoms with Crippen LogP contribution in [0.4, 0.5) is 5.95 Å². The van der Waals surface area contributed by atoms with Gasteiger partial charge in [-0.05, 0) is 25.7 Å². The number of nitrogens with zero attached hydrogens (tertiary/aromatic N) is 3. The number of aromatic nitrogens is 2. The normalized spacial score (nSPS) is 11.3. The maximum absolute atomic E-state index is 11.5. The maximum Gasteiger partial charge on any atom is 0.434 e. The molecule has 94 valence electrons. The van der Waals surface area contributed by atoms with Crippen LogP contribution in [-0.2, 0) is 23.2 Å². The van der Waals surface area contributed by atoms with Crippen molar-refractivity contribution in [1.82, 2.24) is 9.55 Å². The van der Waals surface area contributed by atoms with Gasteiger partial charge in [0.1, 0.15) is 12.8 Å². The van der Waals surface area contributed by atoms with Crippen LogP contribution in [0.25, 0.3) is 0 Å². The molecule has 0 atom stereocenters. The summed E-state index contributed by atoms with van der Waals surface area (Å²) in [6, 6.07) is 0. The number of carbonyl (C=O) groups excluding carboxylic acids is 1. The molecular weight excluding hydrogens is 226 g/mol. The molecule has 0 aliphatic rings. The fourth-order valence-corrected chi connectivity index (χ4v) is 1.09. The SMILES string of the molecule is Cn1c(COC(=O)C(C)(C)C)cnc1[N+](=O)[O-]. The van der Waals surface area contributed by atoms with Crippen LogP contribution in [0.15, 0.2) is 6.20 Å². The van der Waals surface area contributed by atoms with Crippen molar-refractivity contribution in [1.29, 1.82) is 0 Å². The van der Waals surface area contributed by atoms with E-state index in [0.717, 1.165) is 0 Å². The van der Waals surface area contributed by atoms with Crippen LogP contribution < -0.4 is 0 Å². The second-order valence-corrected chi connectivity index (χ2v) is 4.69. The maximum atomic E-state index is 11.5. The van der Waals surface area contributed by atoms with Crippen LogP contribution in [0.5, 0.6) is 0 Å². The summed E-state index contributed by atoms with van der Waals surface area (Å²) < 4.78 is 6.33. The second-order valence-electron chi connectivity index (χ2n) is 4.69. The third kappa shape index (κ3) is 3.02. The topological polar surface area (TPSA) is 87.3 Å². The van der Waals surface area contributed by atoms with Gasteiger partial charge in [-0.3, -0.25) is 4.79 Å². The first-order valence-corrected chi connectivity index (χ1v) is 5.05. The van der Waals surface area contributed by atoms with Crippen LogP contribution in [0, 0.1) is 15.5 Å². The predicted octanol–water partition coefficient (Wildman–Crippen LogP) is 1.42. The highest BCUT2D eigenvalue weighted by atomic mass is 16.6. The Balaban J connectivity index is 2.71. The largest absolute Gasteiger partial charge is 0.457 e. The Morgan fingerprint density at radius 3 is 2.59 bits per heavy atom. The zero-order valence-electron chi connectivity index (χ0n) is 10.3. The first-order valence-electron chi connectivity index (χ1n) is 5.05. The van der Waals surface area contributed by atoms with Crippen molar-refractivity contribution in [2.75, 3.05) is 0 Å². The molecule has 17 heavy (non-hydrogen) atoms. The first-order chi connectivity index (χ1) is 7.73. The molecule has 7 nitrogen and oxygen atoms in total. The Bertz CT molecular complexity index is 445. The molecule has 0 N–H and O–H groups in total. The number of hydrogen-bond donors (Lipinski definition) is 0. The van der Waals surface area contributed by atoms with E-state index in [1.165, 1.54) is 17.8 Å². The van der Waals surface area contributed by atoms with Crippen LogP contribution in [0.3, 0.4) is 0 Å². The van der Waals surface area contributed by atoms with E-state index < -0.39 is 10.3 Å². The molecule has 0 amide bonds. The Morgan fingerprint density at radius 2 is 2.18 bits per heavy atom. The van der Waals surface area contributed by atoms with Gasteiger partial charge in [-0.25, -0.2) is 4.57 Å². The van der Waals surface area contributed by atoms with E-state index in [-0.39, 0.29) is 18.5 Å². The van der Waals surface area contributed by atoms with Gasteiger partial charge in [0, 0.05) is 0 Å². The first kappa shape index (κ1) is 13.1. The lowest BCUT2D eigenvalue weighted by atomic mass is 9.97. The lowest BCUT2D eigenvalue weighted by Gasteiger charge is -2.15. The van der Waals surface area contributed by atoms with Gasteiger partial charge in [0.05, 0.1) is 12.5 Å². The van der Waals surface area contributed by atoms with Gasteiger partial charge in [-0.2, -0.15) is 0 Å². The molecule has 0 bridgehead atoms. The second kappa shape index (κ2) is 4.52. The number of nitro groups is 1. The van der Waals surface area contributed by atoms with E-state index in [0.29, 0.717) is 5.69 Å². The van der Waals surface area contributed by atoms with Crippen LogP contribution in [0.1, 0.15) is 26.5 Å². The molecular formula is C10H15N3O4. The number of hydrogen-bond acceptors (Lipinski definition) is 5. The molecule has 0 saturated carbocycles. The van der Waals surface area contributed by atoms with E-state index in [4.69, 9.17) is 4.74 Å². The van der Waals surface area contributed by atoms with E-state index in [1.54, 1.807) is 20.8 Å². The van der Waals surface area contributed by atoms with Crippen LogP contribution in [0.2, 0.25) is 0 Å². The summed E-state index contributed by atoms with van der Waals surface area (Å²) in [4.78, 5) is 25.1. The van der Waals surface area contributed by atoms with Gasteiger partial charge >= 0.3 is 11.9 Å². The zero-order valence-corrected chi connectivity index (χ0v) is 10.3. The molecule has 0 saturated heterocycles. The third-order valence-corrected chi connectivity index (χ3v) is 2.19. The molecule has 1 heterocycles. The molecule has 0 aliphatic heterocycles. The number of imidazole rings is 1. The Hall–Kier alpha value is -1.92. The highest BCUT2D eigenvalue weighted by Gasteiger charge is 2.25. The van der Waals surface area contributed by atoms with Crippen molar-refractivity contribution in [3.63, 3.8) is 0 Å². The van der Waals surface area contributed by atoms with Gasteiger partial charge in [0.15, 0.2) is 5.69 Å². The monoisotopic (exact) mass is 241 g/mol. The number of ether oxygens (including phenoxy) is 1. The molecule has 1 rings (SSSR count). The minimum Gasteiger partial charge on any atom is -0.457 e. The zero-order chi connectivity index (χ0) is 13.2. The van der Waals surface area contributed by atoms with Gasteiger partial charge in [0.2, 0.25) is 0 Å². The van der Waals surface area contributed by atoms with E-state index >= 15 is 0 Å². The van der Waals surface area contributed by atoms with Gasteiger partial charge < -0.3 is 14.9 Å². The number of rotatable bonds is 3. The molecule has 0 unspecified atom stereocenters. The summed E-state index contributed by atoms with van der Waals surface area (Å²) in [5, 5.41) is 10.5. The van der Waals surface area contributed by atoms with Crippen LogP contribution in [-0.4, -0.2) is 20.4 Å². The highest BCUT2D eigenvalue weighted by Crippen LogP contribution is 2.17. The summed E-state index contributed by atoms with van der Waals surface area (Å²) in [7, 11) is 1.51. The molecule has 0 spiro atoms. The van der Waals surface area contributed by atoms with Crippen molar-refractivity contribution in [3.05, 3.63) is 22.0 Å². The lowest BCUT2D eigenvalue weighted by molar-refractivity contribution is -0.396. The molecule has 0 aromatic carbocycles. The van der Waals surface area contributed by atoms with E-state index in [9.17, 15) is 14.9 Å². The summed E-state index contributed by atoms with van der Waals surface area (Å²) in [6.07, 6.45) is 1.33. The minimum absolute atomic E-state index is 0.0204. The van der Waals surface area contributed by atoms with Crippen molar-refractivity contribution in [2.45, 2.75) is 27.4 Å². The summed E-state index contributed by atoms with van der Waals surface area (Å²) in [5.41, 5.74) is -0.112. The summed E-state index contributed by atoms with van der Waals surface area (Å²) in [6.45, 7) is 5.19. The van der Waals surface area contributed by atoms with Crippen molar-refractivity contribution in [3.8, 4) is 0 Å². The molecule has 0 aliphatic carbocycles. The predicted molar refractivity (Wildman–Crippen MR) is 59.1 cm³/mol. The van der Waals surface area contributed by atoms with Crippen LogP contribution >= 0.6 is 0 Å². The molecule has 1 aromatic heterocycles. The summed E-state index contributed by atoms with van der Waals surface area (Å²) in [5.74, 6) is -0.631. The minimum atomic E-state index is -0.593. The van der Waals surface area contributed by atoms with E-state index in [1.807, 2.05) is 0 Å². The standard InChI is InChI=1S/C10H15N3O4/c1-10(2,3)8(14)17-6-7-5-11-9(12(7)4)13(15)16/h5H,6H2,1-4H3. The Kier molecular flexibility index (Phi) is 3.50. The average Bonchev–Trinajstić information content (AvgIpc) is 2.54. The number of esters is 1. The molecule has 0 radical (unpaired) electrons. The third-order valence-electron chi connectivity index (χ3n) is 2.19.